The first-order chi connectivity index (χ1) is 8.91. The van der Waals surface area contributed by atoms with Crippen LogP contribution < -0.4 is 0 Å². The van der Waals surface area contributed by atoms with Crippen LogP contribution in [0.15, 0.2) is 24.3 Å². The highest BCUT2D eigenvalue weighted by molar-refractivity contribution is 6.16. The number of halogens is 4. The van der Waals surface area contributed by atoms with Gasteiger partial charge in [0, 0.05) is 13.5 Å². The van der Waals surface area contributed by atoms with Gasteiger partial charge < -0.3 is 4.57 Å². The largest absolute Gasteiger partial charge is 0.416 e. The van der Waals surface area contributed by atoms with Crippen LogP contribution in [0.4, 0.5) is 13.2 Å². The molecule has 0 saturated heterocycles. The van der Waals surface area contributed by atoms with Crippen molar-refractivity contribution in [2.75, 3.05) is 0 Å². The van der Waals surface area contributed by atoms with Gasteiger partial charge in [-0.1, -0.05) is 12.1 Å². The summed E-state index contributed by atoms with van der Waals surface area (Å²) in [6.45, 7) is 0. The Morgan fingerprint density at radius 1 is 1.11 bits per heavy atom. The van der Waals surface area contributed by atoms with E-state index >= 15 is 0 Å². The molecule has 0 unspecified atom stereocenters. The highest BCUT2D eigenvalue weighted by Gasteiger charge is 2.29. The highest BCUT2D eigenvalue weighted by atomic mass is 35.5. The Balaban J connectivity index is 2.17. The van der Waals surface area contributed by atoms with E-state index in [9.17, 15) is 13.2 Å². The molecule has 0 saturated carbocycles. The molecular formula is C12H11ClF3N3. The molecule has 1 heterocycles. The van der Waals surface area contributed by atoms with E-state index in [0.717, 1.165) is 17.7 Å². The molecule has 0 radical (unpaired) electrons. The van der Waals surface area contributed by atoms with E-state index in [1.807, 2.05) is 0 Å². The van der Waals surface area contributed by atoms with Crippen LogP contribution in [0.3, 0.4) is 0 Å². The van der Waals surface area contributed by atoms with Gasteiger partial charge in [0.2, 0.25) is 0 Å². The van der Waals surface area contributed by atoms with E-state index in [1.165, 1.54) is 12.1 Å². The zero-order valence-corrected chi connectivity index (χ0v) is 10.8. The van der Waals surface area contributed by atoms with E-state index < -0.39 is 11.7 Å². The minimum absolute atomic E-state index is 0.247. The summed E-state index contributed by atoms with van der Waals surface area (Å²) >= 11 is 5.67. The molecule has 0 aliphatic rings. The maximum Gasteiger partial charge on any atom is 0.416 e. The van der Waals surface area contributed by atoms with Crippen LogP contribution in [-0.4, -0.2) is 14.8 Å². The molecule has 102 valence electrons. The molecule has 0 aliphatic carbocycles. The van der Waals surface area contributed by atoms with Gasteiger partial charge in [-0.15, -0.1) is 21.8 Å². The van der Waals surface area contributed by atoms with Crippen LogP contribution >= 0.6 is 11.6 Å². The molecule has 0 bridgehead atoms. The molecule has 3 nitrogen and oxygen atoms in total. The second-order valence-corrected chi connectivity index (χ2v) is 4.36. The SMILES string of the molecule is Cn1c(CCl)nnc1Cc1ccc(C(F)(F)F)cc1. The van der Waals surface area contributed by atoms with E-state index in [2.05, 4.69) is 10.2 Å². The molecule has 0 atom stereocenters. The highest BCUT2D eigenvalue weighted by Crippen LogP contribution is 2.29. The molecular weight excluding hydrogens is 279 g/mol. The number of aromatic nitrogens is 3. The summed E-state index contributed by atoms with van der Waals surface area (Å²) in [6, 6.07) is 5.01. The van der Waals surface area contributed by atoms with Gasteiger partial charge in [-0.2, -0.15) is 13.2 Å². The molecule has 2 rings (SSSR count). The summed E-state index contributed by atoms with van der Waals surface area (Å²) in [5.74, 6) is 1.54. The van der Waals surface area contributed by atoms with Gasteiger partial charge in [0.1, 0.15) is 11.6 Å². The maximum absolute atomic E-state index is 12.4. The van der Waals surface area contributed by atoms with Crippen LogP contribution in [0, 0.1) is 0 Å². The van der Waals surface area contributed by atoms with Gasteiger partial charge in [-0.3, -0.25) is 0 Å². The fourth-order valence-electron chi connectivity index (χ4n) is 1.66. The average molecular weight is 290 g/mol. The Bertz CT molecular complexity index is 561. The Morgan fingerprint density at radius 3 is 2.16 bits per heavy atom. The van der Waals surface area contributed by atoms with Crippen LogP contribution in [0.25, 0.3) is 0 Å². The third-order valence-electron chi connectivity index (χ3n) is 2.82. The van der Waals surface area contributed by atoms with Crippen molar-refractivity contribution in [3.8, 4) is 0 Å². The minimum Gasteiger partial charge on any atom is -0.317 e. The van der Waals surface area contributed by atoms with Crippen molar-refractivity contribution in [3.63, 3.8) is 0 Å². The maximum atomic E-state index is 12.4. The lowest BCUT2D eigenvalue weighted by atomic mass is 10.1. The molecule has 7 heteroatoms. The molecule has 0 amide bonds. The number of benzene rings is 1. The fourth-order valence-corrected chi connectivity index (χ4v) is 1.90. The zero-order valence-electron chi connectivity index (χ0n) is 10.1. The second-order valence-electron chi connectivity index (χ2n) is 4.10. The van der Waals surface area contributed by atoms with Gasteiger partial charge in [-0.05, 0) is 17.7 Å². The van der Waals surface area contributed by atoms with Crippen LogP contribution in [-0.2, 0) is 25.5 Å². The zero-order chi connectivity index (χ0) is 14.0. The Morgan fingerprint density at radius 2 is 1.68 bits per heavy atom. The van der Waals surface area contributed by atoms with Crippen molar-refractivity contribution < 1.29 is 13.2 Å². The topological polar surface area (TPSA) is 30.7 Å². The quantitative estimate of drug-likeness (QED) is 0.813. The first kappa shape index (κ1) is 13.9. The smallest absolute Gasteiger partial charge is 0.317 e. The van der Waals surface area contributed by atoms with Crippen molar-refractivity contribution in [1.29, 1.82) is 0 Å². The molecule has 0 aliphatic heterocycles. The second kappa shape index (κ2) is 5.21. The van der Waals surface area contributed by atoms with Gasteiger partial charge in [-0.25, -0.2) is 0 Å². The molecule has 0 fully saturated rings. The Labute approximate surface area is 113 Å². The summed E-state index contributed by atoms with van der Waals surface area (Å²) < 4.78 is 39.0. The predicted octanol–water partition coefficient (Wildman–Crippen LogP) is 3.16. The van der Waals surface area contributed by atoms with E-state index in [1.54, 1.807) is 11.6 Å². The van der Waals surface area contributed by atoms with Crippen molar-refractivity contribution in [1.82, 2.24) is 14.8 Å². The average Bonchev–Trinajstić information content (AvgIpc) is 2.70. The summed E-state index contributed by atoms with van der Waals surface area (Å²) in [5, 5.41) is 7.85. The first-order valence-electron chi connectivity index (χ1n) is 5.51. The Kier molecular flexibility index (Phi) is 3.80. The van der Waals surface area contributed by atoms with Gasteiger partial charge in [0.25, 0.3) is 0 Å². The fraction of sp³-hybridized carbons (Fsp3) is 0.333. The molecule has 1 aromatic carbocycles. The third-order valence-corrected chi connectivity index (χ3v) is 3.06. The van der Waals surface area contributed by atoms with Gasteiger partial charge >= 0.3 is 6.18 Å². The number of hydrogen-bond acceptors (Lipinski definition) is 2. The molecule has 2 aromatic rings. The minimum atomic E-state index is -4.31. The molecule has 0 spiro atoms. The first-order valence-corrected chi connectivity index (χ1v) is 6.04. The number of rotatable bonds is 3. The van der Waals surface area contributed by atoms with Gasteiger partial charge in [0.05, 0.1) is 11.4 Å². The monoisotopic (exact) mass is 289 g/mol. The van der Waals surface area contributed by atoms with E-state index in [4.69, 9.17) is 11.6 Å². The van der Waals surface area contributed by atoms with E-state index in [-0.39, 0.29) is 5.88 Å². The Hall–Kier alpha value is -1.56. The summed E-state index contributed by atoms with van der Waals surface area (Å²) in [6.07, 6.45) is -3.90. The van der Waals surface area contributed by atoms with Crippen LogP contribution in [0.2, 0.25) is 0 Å². The van der Waals surface area contributed by atoms with Crippen molar-refractivity contribution in [3.05, 3.63) is 47.0 Å². The van der Waals surface area contributed by atoms with Crippen molar-refractivity contribution in [2.45, 2.75) is 18.5 Å². The summed E-state index contributed by atoms with van der Waals surface area (Å²) in [5.41, 5.74) is 0.0836. The van der Waals surface area contributed by atoms with Crippen LogP contribution in [0.5, 0.6) is 0 Å². The van der Waals surface area contributed by atoms with Crippen molar-refractivity contribution in [2.24, 2.45) is 7.05 Å². The normalized spacial score (nSPS) is 11.8. The lowest BCUT2D eigenvalue weighted by molar-refractivity contribution is -0.137. The van der Waals surface area contributed by atoms with Gasteiger partial charge in [0.15, 0.2) is 0 Å². The number of hydrogen-bond donors (Lipinski definition) is 0. The lowest BCUT2D eigenvalue weighted by Crippen LogP contribution is -2.05. The summed E-state index contributed by atoms with van der Waals surface area (Å²) in [4.78, 5) is 0. The lowest BCUT2D eigenvalue weighted by Gasteiger charge is -2.07. The number of nitrogens with zero attached hydrogens (tertiary/aromatic N) is 3. The van der Waals surface area contributed by atoms with E-state index in [0.29, 0.717) is 18.1 Å². The summed E-state index contributed by atoms with van der Waals surface area (Å²) in [7, 11) is 1.77. The molecule has 0 N–H and O–H groups in total. The predicted molar refractivity (Wildman–Crippen MR) is 64.8 cm³/mol. The molecule has 1 aromatic heterocycles. The molecule has 19 heavy (non-hydrogen) atoms. The third kappa shape index (κ3) is 3.07. The number of alkyl halides is 4. The van der Waals surface area contributed by atoms with Crippen LogP contribution in [0.1, 0.15) is 22.8 Å². The van der Waals surface area contributed by atoms with Crippen molar-refractivity contribution >= 4 is 11.6 Å². The standard InChI is InChI=1S/C12H11ClF3N3/c1-19-10(17-18-11(19)7-13)6-8-2-4-9(5-3-8)12(14,15)16/h2-5H,6-7H2,1H3.